The molecule has 140 valence electrons. The molecule has 0 saturated heterocycles. The fourth-order valence-electron chi connectivity index (χ4n) is 2.48. The predicted octanol–water partition coefficient (Wildman–Crippen LogP) is 2.73. The summed E-state index contributed by atoms with van der Waals surface area (Å²) >= 11 is 0. The molecule has 0 spiro atoms. The average Bonchev–Trinajstić information content (AvgIpc) is 2.63. The van der Waals surface area contributed by atoms with E-state index in [1.165, 1.54) is 24.3 Å². The summed E-state index contributed by atoms with van der Waals surface area (Å²) in [6.07, 6.45) is -0.626. The van der Waals surface area contributed by atoms with Gasteiger partial charge in [0, 0.05) is 6.42 Å². The van der Waals surface area contributed by atoms with Crippen LogP contribution in [-0.2, 0) is 19.7 Å². The number of sulfone groups is 2. The third-order valence-corrected chi connectivity index (χ3v) is 8.12. The van der Waals surface area contributed by atoms with E-state index in [1.807, 2.05) is 0 Å². The van der Waals surface area contributed by atoms with Crippen LogP contribution in [0.25, 0.3) is 0 Å². The molecule has 2 atom stereocenters. The molecule has 27 heavy (non-hydrogen) atoms. The van der Waals surface area contributed by atoms with Gasteiger partial charge in [0.25, 0.3) is 0 Å². The van der Waals surface area contributed by atoms with Crippen LogP contribution in [0, 0.1) is 36.5 Å². The van der Waals surface area contributed by atoms with Gasteiger partial charge in [-0.3, -0.25) is 0 Å². The molecule has 0 fully saturated rings. The summed E-state index contributed by atoms with van der Waals surface area (Å²) in [6, 6.07) is 15.1. The van der Waals surface area contributed by atoms with E-state index in [4.69, 9.17) is 0 Å². The predicted molar refractivity (Wildman–Crippen MR) is 100 cm³/mol. The number of nitriles is 2. The molecular formula is C19H18N2O4S2. The number of benzene rings is 2. The van der Waals surface area contributed by atoms with Crippen molar-refractivity contribution in [1.82, 2.24) is 0 Å². The molecule has 0 aliphatic carbocycles. The highest BCUT2D eigenvalue weighted by Gasteiger charge is 2.36. The molecule has 6 nitrogen and oxygen atoms in total. The molecule has 0 aliphatic rings. The Hall–Kier alpha value is -2.68. The van der Waals surface area contributed by atoms with Crippen LogP contribution in [-0.4, -0.2) is 27.3 Å². The smallest absolute Gasteiger partial charge is 0.194 e. The minimum atomic E-state index is -4.10. The van der Waals surface area contributed by atoms with Crippen LogP contribution in [0.1, 0.15) is 17.5 Å². The maximum Gasteiger partial charge on any atom is 0.194 e. The Morgan fingerprint density at radius 3 is 1.26 bits per heavy atom. The molecule has 2 rings (SSSR count). The monoisotopic (exact) mass is 402 g/mol. The van der Waals surface area contributed by atoms with E-state index in [0.29, 0.717) is 0 Å². The molecule has 0 saturated carbocycles. The molecule has 0 aromatic heterocycles. The lowest BCUT2D eigenvalue weighted by Gasteiger charge is -2.15. The largest absolute Gasteiger partial charge is 0.222 e. The summed E-state index contributed by atoms with van der Waals surface area (Å²) in [6.45, 7) is 3.58. The first kappa shape index (κ1) is 20.6. The van der Waals surface area contributed by atoms with E-state index in [-0.39, 0.29) is 9.79 Å². The minimum Gasteiger partial charge on any atom is -0.222 e. The molecule has 0 N–H and O–H groups in total. The lowest BCUT2D eigenvalue weighted by Crippen LogP contribution is -2.29. The maximum absolute atomic E-state index is 12.7. The molecule has 2 aromatic carbocycles. The van der Waals surface area contributed by atoms with E-state index in [2.05, 4.69) is 0 Å². The van der Waals surface area contributed by atoms with Crippen molar-refractivity contribution in [2.75, 3.05) is 0 Å². The highest BCUT2D eigenvalue weighted by molar-refractivity contribution is 7.93. The van der Waals surface area contributed by atoms with Gasteiger partial charge in [0.05, 0.1) is 21.9 Å². The van der Waals surface area contributed by atoms with Gasteiger partial charge >= 0.3 is 0 Å². The number of nitrogens with zero attached hydrogens (tertiary/aromatic N) is 2. The highest BCUT2D eigenvalue weighted by atomic mass is 32.2. The molecule has 2 aromatic rings. The average molecular weight is 402 g/mol. The van der Waals surface area contributed by atoms with Crippen molar-refractivity contribution < 1.29 is 16.8 Å². The molecule has 0 amide bonds. The molecule has 0 aliphatic heterocycles. The normalized spacial score (nSPS) is 13.9. The molecule has 0 bridgehead atoms. The SMILES string of the molecule is Cc1ccc(S(=O)(=O)[C@H](C#N)C[C@@H](C#N)S(=O)(=O)c2ccc(C)cc2)cc1. The Kier molecular flexibility index (Phi) is 6.04. The zero-order chi connectivity index (χ0) is 20.2. The van der Waals surface area contributed by atoms with E-state index >= 15 is 0 Å². The summed E-state index contributed by atoms with van der Waals surface area (Å²) in [7, 11) is -8.20. The lowest BCUT2D eigenvalue weighted by molar-refractivity contribution is 0.576. The molecule has 0 unspecified atom stereocenters. The van der Waals surface area contributed by atoms with Gasteiger partial charge in [-0.1, -0.05) is 35.4 Å². The van der Waals surface area contributed by atoms with Crippen LogP contribution in [0.3, 0.4) is 0 Å². The highest BCUT2D eigenvalue weighted by Crippen LogP contribution is 2.25. The Bertz CT molecular complexity index is 1010. The third kappa shape index (κ3) is 4.36. The minimum absolute atomic E-state index is 0.0796. The van der Waals surface area contributed by atoms with Gasteiger partial charge in [0.1, 0.15) is 0 Å². The van der Waals surface area contributed by atoms with Gasteiger partial charge in [-0.25, -0.2) is 16.8 Å². The quantitative estimate of drug-likeness (QED) is 0.733. The molecule has 0 radical (unpaired) electrons. The van der Waals surface area contributed by atoms with E-state index < -0.39 is 36.6 Å². The zero-order valence-electron chi connectivity index (χ0n) is 14.8. The van der Waals surface area contributed by atoms with Crippen molar-refractivity contribution in [2.45, 2.75) is 40.6 Å². The van der Waals surface area contributed by atoms with Crippen molar-refractivity contribution in [3.63, 3.8) is 0 Å². The third-order valence-electron chi connectivity index (χ3n) is 4.16. The second kappa shape index (κ2) is 7.91. The second-order valence-electron chi connectivity index (χ2n) is 6.19. The van der Waals surface area contributed by atoms with Gasteiger partial charge in [0.2, 0.25) is 0 Å². The Morgan fingerprint density at radius 1 is 0.704 bits per heavy atom. The van der Waals surface area contributed by atoms with Crippen LogP contribution >= 0.6 is 0 Å². The standard InChI is InChI=1S/C19H18N2O4S2/c1-14-3-7-16(8-4-14)26(22,23)18(12-20)11-19(13-21)27(24,25)17-9-5-15(2)6-10-17/h3-10,18-19H,11H2,1-2H3/t18-,19-/m0/s1. The van der Waals surface area contributed by atoms with E-state index in [9.17, 15) is 27.4 Å². The number of aryl methyl sites for hydroxylation is 2. The van der Waals surface area contributed by atoms with Gasteiger partial charge in [-0.15, -0.1) is 0 Å². The number of rotatable bonds is 6. The van der Waals surface area contributed by atoms with Crippen molar-refractivity contribution in [2.24, 2.45) is 0 Å². The van der Waals surface area contributed by atoms with Crippen molar-refractivity contribution >= 4 is 19.7 Å². The van der Waals surface area contributed by atoms with Gasteiger partial charge in [-0.05, 0) is 38.1 Å². The fourth-order valence-corrected chi connectivity index (χ4v) is 5.46. The van der Waals surface area contributed by atoms with Gasteiger partial charge in [-0.2, -0.15) is 10.5 Å². The van der Waals surface area contributed by atoms with Crippen LogP contribution in [0.15, 0.2) is 58.3 Å². The zero-order valence-corrected chi connectivity index (χ0v) is 16.5. The number of hydrogen-bond donors (Lipinski definition) is 0. The van der Waals surface area contributed by atoms with Crippen LogP contribution in [0.2, 0.25) is 0 Å². The first-order valence-electron chi connectivity index (χ1n) is 8.03. The second-order valence-corrected chi connectivity index (χ2v) is 10.4. The Balaban J connectivity index is 2.38. The Labute approximate surface area is 159 Å². The summed E-state index contributed by atoms with van der Waals surface area (Å²) in [5.41, 5.74) is 1.69. The fraction of sp³-hybridized carbons (Fsp3) is 0.263. The molecule has 8 heteroatoms. The Morgan fingerprint density at radius 2 is 1.00 bits per heavy atom. The number of hydrogen-bond acceptors (Lipinski definition) is 6. The first-order chi connectivity index (χ1) is 12.6. The lowest BCUT2D eigenvalue weighted by atomic mass is 10.2. The summed E-state index contributed by atoms with van der Waals surface area (Å²) in [5.74, 6) is 0. The summed E-state index contributed by atoms with van der Waals surface area (Å²) in [5, 5.41) is 15.4. The van der Waals surface area contributed by atoms with Crippen LogP contribution in [0.5, 0.6) is 0 Å². The summed E-state index contributed by atoms with van der Waals surface area (Å²) in [4.78, 5) is -0.159. The van der Waals surface area contributed by atoms with Crippen molar-refractivity contribution in [1.29, 1.82) is 10.5 Å². The summed E-state index contributed by atoms with van der Waals surface area (Å²) < 4.78 is 50.8. The van der Waals surface area contributed by atoms with Gasteiger partial charge < -0.3 is 0 Å². The van der Waals surface area contributed by atoms with E-state index in [0.717, 1.165) is 11.1 Å². The van der Waals surface area contributed by atoms with Crippen molar-refractivity contribution in [3.8, 4) is 12.1 Å². The molecular weight excluding hydrogens is 384 g/mol. The first-order valence-corrected chi connectivity index (χ1v) is 11.1. The van der Waals surface area contributed by atoms with E-state index in [1.54, 1.807) is 50.3 Å². The topological polar surface area (TPSA) is 116 Å². The van der Waals surface area contributed by atoms with Crippen LogP contribution in [0.4, 0.5) is 0 Å². The molecule has 0 heterocycles. The maximum atomic E-state index is 12.7. The van der Waals surface area contributed by atoms with Crippen LogP contribution < -0.4 is 0 Å². The van der Waals surface area contributed by atoms with Gasteiger partial charge in [0.15, 0.2) is 30.2 Å². The van der Waals surface area contributed by atoms with Crippen molar-refractivity contribution in [3.05, 3.63) is 59.7 Å².